The Morgan fingerprint density at radius 3 is 2.76 bits per heavy atom. The lowest BCUT2D eigenvalue weighted by atomic mass is 9.99. The molecule has 0 aromatic carbocycles. The second kappa shape index (κ2) is 7.64. The first-order valence-electron chi connectivity index (χ1n) is 8.04. The third-order valence-electron chi connectivity index (χ3n) is 4.37. The molecule has 2 saturated heterocycles. The van der Waals surface area contributed by atoms with Crippen LogP contribution in [0, 0.1) is 0 Å². The lowest BCUT2D eigenvalue weighted by Gasteiger charge is -2.36. The molecule has 0 bridgehead atoms. The average molecular weight is 298 g/mol. The van der Waals surface area contributed by atoms with Crippen LogP contribution in [0.5, 0.6) is 0 Å². The molecule has 2 amide bonds. The van der Waals surface area contributed by atoms with Gasteiger partial charge in [0.1, 0.15) is 0 Å². The Morgan fingerprint density at radius 2 is 2.10 bits per heavy atom. The average Bonchev–Trinajstić information content (AvgIpc) is 2.95. The van der Waals surface area contributed by atoms with Crippen molar-refractivity contribution in [2.75, 3.05) is 13.1 Å². The van der Waals surface area contributed by atoms with Crippen molar-refractivity contribution in [3.05, 3.63) is 0 Å². The van der Waals surface area contributed by atoms with E-state index in [4.69, 9.17) is 9.84 Å². The number of piperidine rings is 1. The Balaban J connectivity index is 1.77. The SMILES string of the molecule is CCCC1CCCCN1C(=O)NCC1CCC(C(=O)O)O1. The summed E-state index contributed by atoms with van der Waals surface area (Å²) in [5.74, 6) is -0.914. The summed E-state index contributed by atoms with van der Waals surface area (Å²) < 4.78 is 5.40. The van der Waals surface area contributed by atoms with Crippen LogP contribution in [0.25, 0.3) is 0 Å². The van der Waals surface area contributed by atoms with Crippen LogP contribution < -0.4 is 5.32 Å². The highest BCUT2D eigenvalue weighted by atomic mass is 16.5. The number of hydrogen-bond acceptors (Lipinski definition) is 3. The van der Waals surface area contributed by atoms with E-state index in [9.17, 15) is 9.59 Å². The number of ether oxygens (including phenoxy) is 1. The summed E-state index contributed by atoms with van der Waals surface area (Å²) in [5, 5.41) is 11.8. The predicted molar refractivity (Wildman–Crippen MR) is 78.2 cm³/mol. The molecule has 2 aliphatic rings. The molecule has 21 heavy (non-hydrogen) atoms. The number of hydrogen-bond donors (Lipinski definition) is 2. The van der Waals surface area contributed by atoms with Gasteiger partial charge in [0.05, 0.1) is 6.10 Å². The van der Waals surface area contributed by atoms with E-state index < -0.39 is 12.1 Å². The molecule has 0 radical (unpaired) electrons. The third-order valence-corrected chi connectivity index (χ3v) is 4.37. The van der Waals surface area contributed by atoms with Gasteiger partial charge in [-0.1, -0.05) is 13.3 Å². The summed E-state index contributed by atoms with van der Waals surface area (Å²) in [5.41, 5.74) is 0. The number of nitrogens with zero attached hydrogens (tertiary/aromatic N) is 1. The van der Waals surface area contributed by atoms with E-state index in [2.05, 4.69) is 12.2 Å². The van der Waals surface area contributed by atoms with E-state index in [-0.39, 0.29) is 12.1 Å². The van der Waals surface area contributed by atoms with Crippen molar-refractivity contribution in [3.63, 3.8) is 0 Å². The van der Waals surface area contributed by atoms with E-state index in [1.54, 1.807) is 0 Å². The van der Waals surface area contributed by atoms with Crippen molar-refractivity contribution >= 4 is 12.0 Å². The third kappa shape index (κ3) is 4.33. The van der Waals surface area contributed by atoms with E-state index >= 15 is 0 Å². The number of carbonyl (C=O) groups excluding carboxylic acids is 1. The van der Waals surface area contributed by atoms with Gasteiger partial charge in [-0.2, -0.15) is 0 Å². The van der Waals surface area contributed by atoms with E-state index in [1.807, 2.05) is 4.90 Å². The normalized spacial score (nSPS) is 29.4. The van der Waals surface area contributed by atoms with Crippen molar-refractivity contribution < 1.29 is 19.4 Å². The molecule has 0 spiro atoms. The minimum Gasteiger partial charge on any atom is -0.479 e. The van der Waals surface area contributed by atoms with Crippen molar-refractivity contribution in [1.82, 2.24) is 10.2 Å². The molecule has 0 saturated carbocycles. The molecule has 0 aliphatic carbocycles. The molecule has 6 heteroatoms. The molecular weight excluding hydrogens is 272 g/mol. The number of carboxylic acids is 1. The van der Waals surface area contributed by atoms with Gasteiger partial charge in [0, 0.05) is 19.1 Å². The topological polar surface area (TPSA) is 78.9 Å². The highest BCUT2D eigenvalue weighted by molar-refractivity contribution is 5.75. The zero-order valence-electron chi connectivity index (χ0n) is 12.7. The summed E-state index contributed by atoms with van der Waals surface area (Å²) in [6.07, 6.45) is 5.80. The Labute approximate surface area is 125 Å². The Morgan fingerprint density at radius 1 is 1.29 bits per heavy atom. The predicted octanol–water partition coefficient (Wildman–Crippen LogP) is 1.98. The van der Waals surface area contributed by atoms with Crippen LogP contribution in [0.1, 0.15) is 51.9 Å². The Bertz CT molecular complexity index is 373. The van der Waals surface area contributed by atoms with E-state index in [0.29, 0.717) is 25.4 Å². The molecule has 2 fully saturated rings. The van der Waals surface area contributed by atoms with Gasteiger partial charge in [0.2, 0.25) is 0 Å². The van der Waals surface area contributed by atoms with Crippen LogP contribution in [0.4, 0.5) is 4.79 Å². The van der Waals surface area contributed by atoms with Gasteiger partial charge >= 0.3 is 12.0 Å². The summed E-state index contributed by atoms with van der Waals surface area (Å²) in [4.78, 5) is 25.1. The van der Waals surface area contributed by atoms with Crippen LogP contribution in [-0.2, 0) is 9.53 Å². The van der Waals surface area contributed by atoms with Crippen molar-refractivity contribution in [2.45, 2.75) is 70.1 Å². The Hall–Kier alpha value is -1.30. The second-order valence-corrected chi connectivity index (χ2v) is 5.98. The molecule has 120 valence electrons. The van der Waals surface area contributed by atoms with Crippen molar-refractivity contribution in [1.29, 1.82) is 0 Å². The van der Waals surface area contributed by atoms with Crippen LogP contribution in [0.2, 0.25) is 0 Å². The van der Waals surface area contributed by atoms with Crippen molar-refractivity contribution in [2.24, 2.45) is 0 Å². The number of rotatable bonds is 5. The zero-order valence-corrected chi connectivity index (χ0v) is 12.7. The largest absolute Gasteiger partial charge is 0.479 e. The monoisotopic (exact) mass is 298 g/mol. The molecule has 2 aliphatic heterocycles. The Kier molecular flexibility index (Phi) is 5.85. The molecule has 0 aromatic rings. The van der Waals surface area contributed by atoms with Crippen LogP contribution in [0.15, 0.2) is 0 Å². The fourth-order valence-electron chi connectivity index (χ4n) is 3.24. The highest BCUT2D eigenvalue weighted by Crippen LogP contribution is 2.22. The lowest BCUT2D eigenvalue weighted by Crippen LogP contribution is -2.50. The number of amides is 2. The van der Waals surface area contributed by atoms with Crippen LogP contribution >= 0.6 is 0 Å². The minimum atomic E-state index is -0.914. The lowest BCUT2D eigenvalue weighted by molar-refractivity contribution is -0.149. The number of aliphatic carboxylic acids is 1. The van der Waals surface area contributed by atoms with Gasteiger partial charge in [-0.25, -0.2) is 9.59 Å². The van der Waals surface area contributed by atoms with Crippen LogP contribution in [0.3, 0.4) is 0 Å². The number of nitrogens with one attached hydrogen (secondary N) is 1. The molecule has 3 unspecified atom stereocenters. The maximum absolute atomic E-state index is 12.3. The van der Waals surface area contributed by atoms with Crippen LogP contribution in [-0.4, -0.2) is 53.3 Å². The number of urea groups is 1. The van der Waals surface area contributed by atoms with Gasteiger partial charge in [-0.05, 0) is 38.5 Å². The molecule has 2 rings (SSSR count). The summed E-state index contributed by atoms with van der Waals surface area (Å²) >= 11 is 0. The number of carbonyl (C=O) groups is 2. The summed E-state index contributed by atoms with van der Waals surface area (Å²) in [6.45, 7) is 3.36. The molecule has 3 atom stereocenters. The number of carboxylic acid groups (broad SMARTS) is 1. The first-order valence-corrected chi connectivity index (χ1v) is 8.04. The smallest absolute Gasteiger partial charge is 0.332 e. The van der Waals surface area contributed by atoms with Gasteiger partial charge < -0.3 is 20.1 Å². The first kappa shape index (κ1) is 16.1. The molecule has 0 aromatic heterocycles. The van der Waals surface area contributed by atoms with Gasteiger partial charge in [0.25, 0.3) is 0 Å². The molecular formula is C15H26N2O4. The highest BCUT2D eigenvalue weighted by Gasteiger charge is 2.31. The molecule has 2 heterocycles. The van der Waals surface area contributed by atoms with Gasteiger partial charge in [-0.3, -0.25) is 0 Å². The van der Waals surface area contributed by atoms with Gasteiger partial charge in [-0.15, -0.1) is 0 Å². The summed E-state index contributed by atoms with van der Waals surface area (Å²) in [6, 6.07) is 0.315. The quantitative estimate of drug-likeness (QED) is 0.813. The fraction of sp³-hybridized carbons (Fsp3) is 0.867. The zero-order chi connectivity index (χ0) is 15.2. The molecule has 2 N–H and O–H groups in total. The minimum absolute atomic E-state index is 0.0319. The van der Waals surface area contributed by atoms with Crippen molar-refractivity contribution in [3.8, 4) is 0 Å². The number of likely N-dealkylation sites (tertiary alicyclic amines) is 1. The first-order chi connectivity index (χ1) is 10.1. The maximum Gasteiger partial charge on any atom is 0.332 e. The van der Waals surface area contributed by atoms with E-state index in [0.717, 1.165) is 32.2 Å². The molecule has 6 nitrogen and oxygen atoms in total. The maximum atomic E-state index is 12.3. The fourth-order valence-corrected chi connectivity index (χ4v) is 3.24. The standard InChI is InChI=1S/C15H26N2O4/c1-2-5-11-6-3-4-9-17(11)15(20)16-10-12-7-8-13(21-12)14(18)19/h11-13H,2-10H2,1H3,(H,16,20)(H,18,19). The van der Waals surface area contributed by atoms with E-state index in [1.165, 1.54) is 6.42 Å². The van der Waals surface area contributed by atoms with Gasteiger partial charge in [0.15, 0.2) is 6.10 Å². The summed E-state index contributed by atoms with van der Waals surface area (Å²) in [7, 11) is 0. The second-order valence-electron chi connectivity index (χ2n) is 5.98.